The first-order valence-electron chi connectivity index (χ1n) is 3.58. The average molecular weight is 185 g/mol. The van der Waals surface area contributed by atoms with E-state index in [2.05, 4.69) is 20.5 Å². The topological polar surface area (TPSA) is 50.2 Å². The van der Waals surface area contributed by atoms with E-state index in [1.807, 2.05) is 6.92 Å². The van der Waals surface area contributed by atoms with Crippen molar-refractivity contribution in [2.24, 2.45) is 5.10 Å². The SMILES string of the molecule is CCC=NNc1cncc(Cl)n1. The van der Waals surface area contributed by atoms with Crippen LogP contribution >= 0.6 is 11.6 Å². The summed E-state index contributed by atoms with van der Waals surface area (Å²) in [6.45, 7) is 1.99. The quantitative estimate of drug-likeness (QED) is 0.577. The molecular weight excluding hydrogens is 176 g/mol. The lowest BCUT2D eigenvalue weighted by Crippen LogP contribution is -1.93. The summed E-state index contributed by atoms with van der Waals surface area (Å²) >= 11 is 5.59. The van der Waals surface area contributed by atoms with Crippen molar-refractivity contribution in [1.29, 1.82) is 0 Å². The molecule has 0 aromatic carbocycles. The van der Waals surface area contributed by atoms with Gasteiger partial charge in [-0.05, 0) is 6.42 Å². The highest BCUT2D eigenvalue weighted by Gasteiger charge is 1.91. The van der Waals surface area contributed by atoms with E-state index in [1.54, 1.807) is 12.4 Å². The second-order valence-electron chi connectivity index (χ2n) is 2.06. The van der Waals surface area contributed by atoms with E-state index in [1.165, 1.54) is 6.20 Å². The largest absolute Gasteiger partial charge is 0.260 e. The van der Waals surface area contributed by atoms with Crippen LogP contribution < -0.4 is 5.43 Å². The highest BCUT2D eigenvalue weighted by Crippen LogP contribution is 2.05. The van der Waals surface area contributed by atoms with Gasteiger partial charge in [0.25, 0.3) is 0 Å². The first-order chi connectivity index (χ1) is 5.83. The summed E-state index contributed by atoms with van der Waals surface area (Å²) in [5.74, 6) is 0.548. The predicted molar refractivity (Wildman–Crippen MR) is 49.4 cm³/mol. The van der Waals surface area contributed by atoms with Gasteiger partial charge in [0.05, 0.1) is 12.4 Å². The molecule has 0 aliphatic rings. The third kappa shape index (κ3) is 2.84. The van der Waals surface area contributed by atoms with Gasteiger partial charge in [-0.25, -0.2) is 4.98 Å². The number of rotatable bonds is 3. The zero-order valence-electron chi connectivity index (χ0n) is 6.66. The first-order valence-corrected chi connectivity index (χ1v) is 3.96. The molecule has 0 atom stereocenters. The molecule has 0 saturated carbocycles. The monoisotopic (exact) mass is 184 g/mol. The van der Waals surface area contributed by atoms with Gasteiger partial charge in [0, 0.05) is 6.21 Å². The van der Waals surface area contributed by atoms with E-state index in [0.717, 1.165) is 6.42 Å². The van der Waals surface area contributed by atoms with Crippen LogP contribution in [0.15, 0.2) is 17.5 Å². The molecule has 0 saturated heterocycles. The Bertz CT molecular complexity index is 274. The van der Waals surface area contributed by atoms with Crippen LogP contribution in [0.2, 0.25) is 5.15 Å². The van der Waals surface area contributed by atoms with Crippen molar-refractivity contribution in [3.63, 3.8) is 0 Å². The molecule has 1 N–H and O–H groups in total. The lowest BCUT2D eigenvalue weighted by Gasteiger charge is -1.96. The molecule has 0 unspecified atom stereocenters. The standard InChI is InChI=1S/C7H9ClN4/c1-2-3-10-12-7-5-9-4-6(8)11-7/h3-5H,2H2,1H3,(H,11,12). The first kappa shape index (κ1) is 8.93. The van der Waals surface area contributed by atoms with Crippen molar-refractivity contribution < 1.29 is 0 Å². The minimum Gasteiger partial charge on any atom is -0.260 e. The maximum Gasteiger partial charge on any atom is 0.166 e. The van der Waals surface area contributed by atoms with Crippen LogP contribution in [-0.2, 0) is 0 Å². The molecule has 1 aromatic rings. The summed E-state index contributed by atoms with van der Waals surface area (Å²) in [7, 11) is 0. The smallest absolute Gasteiger partial charge is 0.166 e. The van der Waals surface area contributed by atoms with Gasteiger partial charge in [0.2, 0.25) is 0 Å². The summed E-state index contributed by atoms with van der Waals surface area (Å²) in [6.07, 6.45) is 5.64. The van der Waals surface area contributed by atoms with E-state index in [9.17, 15) is 0 Å². The fourth-order valence-electron chi connectivity index (χ4n) is 0.599. The Morgan fingerprint density at radius 2 is 2.50 bits per heavy atom. The molecular formula is C7H9ClN4. The van der Waals surface area contributed by atoms with Crippen molar-refractivity contribution >= 4 is 23.6 Å². The molecule has 1 aromatic heterocycles. The number of nitrogens with zero attached hydrogens (tertiary/aromatic N) is 3. The summed E-state index contributed by atoms with van der Waals surface area (Å²) in [4.78, 5) is 7.76. The normalized spacial score (nSPS) is 10.5. The maximum absolute atomic E-state index is 5.59. The summed E-state index contributed by atoms with van der Waals surface area (Å²) in [5.41, 5.74) is 2.70. The van der Waals surface area contributed by atoms with E-state index in [0.29, 0.717) is 11.0 Å². The van der Waals surface area contributed by atoms with Crippen LogP contribution in [0.3, 0.4) is 0 Å². The van der Waals surface area contributed by atoms with Crippen molar-refractivity contribution in [1.82, 2.24) is 9.97 Å². The fourth-order valence-corrected chi connectivity index (χ4v) is 0.747. The van der Waals surface area contributed by atoms with Gasteiger partial charge >= 0.3 is 0 Å². The summed E-state index contributed by atoms with van der Waals surface area (Å²) < 4.78 is 0. The predicted octanol–water partition coefficient (Wildman–Crippen LogP) is 1.94. The molecule has 1 heterocycles. The number of hydrazone groups is 1. The number of halogens is 1. The zero-order valence-corrected chi connectivity index (χ0v) is 7.41. The Balaban J connectivity index is 2.57. The second kappa shape index (κ2) is 4.66. The lowest BCUT2D eigenvalue weighted by atomic mass is 10.6. The highest BCUT2D eigenvalue weighted by atomic mass is 35.5. The minimum absolute atomic E-state index is 0.353. The molecule has 5 heteroatoms. The van der Waals surface area contributed by atoms with Gasteiger partial charge in [-0.3, -0.25) is 10.4 Å². The van der Waals surface area contributed by atoms with Crippen LogP contribution in [0.4, 0.5) is 5.82 Å². The molecule has 1 rings (SSSR count). The number of aromatic nitrogens is 2. The zero-order chi connectivity index (χ0) is 8.81. The van der Waals surface area contributed by atoms with Crippen LogP contribution in [0.1, 0.15) is 13.3 Å². The highest BCUT2D eigenvalue weighted by molar-refractivity contribution is 6.29. The van der Waals surface area contributed by atoms with E-state index >= 15 is 0 Å². The number of hydrogen-bond donors (Lipinski definition) is 1. The molecule has 64 valence electrons. The van der Waals surface area contributed by atoms with Gasteiger partial charge in [-0.15, -0.1) is 0 Å². The molecule has 0 radical (unpaired) electrons. The molecule has 0 fully saturated rings. The van der Waals surface area contributed by atoms with Gasteiger partial charge in [0.1, 0.15) is 5.15 Å². The van der Waals surface area contributed by atoms with Crippen molar-refractivity contribution in [3.05, 3.63) is 17.5 Å². The Kier molecular flexibility index (Phi) is 3.47. The molecule has 12 heavy (non-hydrogen) atoms. The molecule has 0 spiro atoms. The molecule has 0 amide bonds. The van der Waals surface area contributed by atoms with Gasteiger partial charge in [-0.2, -0.15) is 5.10 Å². The van der Waals surface area contributed by atoms with Gasteiger partial charge < -0.3 is 0 Å². The second-order valence-corrected chi connectivity index (χ2v) is 2.45. The van der Waals surface area contributed by atoms with Crippen LogP contribution in [0, 0.1) is 0 Å². The molecule has 0 aliphatic heterocycles. The third-order valence-electron chi connectivity index (χ3n) is 1.06. The molecule has 4 nitrogen and oxygen atoms in total. The van der Waals surface area contributed by atoms with Crippen molar-refractivity contribution in [2.45, 2.75) is 13.3 Å². The third-order valence-corrected chi connectivity index (χ3v) is 1.24. The minimum atomic E-state index is 0.353. The molecule has 0 bridgehead atoms. The lowest BCUT2D eigenvalue weighted by molar-refractivity contribution is 1.15. The van der Waals surface area contributed by atoms with Crippen molar-refractivity contribution in [2.75, 3.05) is 5.43 Å². The van der Waals surface area contributed by atoms with Crippen LogP contribution in [-0.4, -0.2) is 16.2 Å². The average Bonchev–Trinajstić information content (AvgIpc) is 2.05. The van der Waals surface area contributed by atoms with Gasteiger partial charge in [0.15, 0.2) is 5.82 Å². The Hall–Kier alpha value is -1.16. The maximum atomic E-state index is 5.59. The Morgan fingerprint density at radius 1 is 1.67 bits per heavy atom. The fraction of sp³-hybridized carbons (Fsp3) is 0.286. The van der Waals surface area contributed by atoms with Gasteiger partial charge in [-0.1, -0.05) is 18.5 Å². The Labute approximate surface area is 75.7 Å². The summed E-state index contributed by atoms with van der Waals surface area (Å²) in [5, 5.41) is 4.22. The summed E-state index contributed by atoms with van der Waals surface area (Å²) in [6, 6.07) is 0. The Morgan fingerprint density at radius 3 is 3.17 bits per heavy atom. The number of hydrogen-bond acceptors (Lipinski definition) is 4. The number of anilines is 1. The van der Waals surface area contributed by atoms with Crippen LogP contribution in [0.25, 0.3) is 0 Å². The van der Waals surface area contributed by atoms with E-state index < -0.39 is 0 Å². The van der Waals surface area contributed by atoms with E-state index in [4.69, 9.17) is 11.6 Å². The van der Waals surface area contributed by atoms with E-state index in [-0.39, 0.29) is 0 Å². The van der Waals surface area contributed by atoms with Crippen molar-refractivity contribution in [3.8, 4) is 0 Å². The molecule has 0 aliphatic carbocycles. The van der Waals surface area contributed by atoms with Crippen LogP contribution in [0.5, 0.6) is 0 Å². The number of nitrogens with one attached hydrogen (secondary N) is 1.